The van der Waals surface area contributed by atoms with E-state index in [0.717, 1.165) is 38.8 Å². The molecule has 0 aliphatic carbocycles. The molecule has 1 aliphatic rings. The molecule has 7 nitrogen and oxygen atoms in total. The summed E-state index contributed by atoms with van der Waals surface area (Å²) >= 11 is 0. The summed E-state index contributed by atoms with van der Waals surface area (Å²) in [5.41, 5.74) is -0.188. The van der Waals surface area contributed by atoms with Crippen LogP contribution in [-0.4, -0.2) is 58.9 Å². The Balaban J connectivity index is 2.12. The van der Waals surface area contributed by atoms with E-state index in [1.54, 1.807) is 6.92 Å². The fraction of sp³-hybridized carbons (Fsp3) is 0.688. The minimum absolute atomic E-state index is 0.0332. The van der Waals surface area contributed by atoms with Crippen LogP contribution in [0, 0.1) is 6.92 Å². The maximum atomic E-state index is 12.7. The van der Waals surface area contributed by atoms with Crippen molar-refractivity contribution >= 4 is 5.91 Å². The zero-order valence-electron chi connectivity index (χ0n) is 14.1. The van der Waals surface area contributed by atoms with Gasteiger partial charge in [-0.05, 0) is 53.2 Å². The number of nitrogens with one attached hydrogen (secondary N) is 2. The van der Waals surface area contributed by atoms with Crippen LogP contribution in [-0.2, 0) is 11.2 Å². The van der Waals surface area contributed by atoms with Gasteiger partial charge in [-0.15, -0.1) is 0 Å². The van der Waals surface area contributed by atoms with Crippen molar-refractivity contribution in [3.05, 3.63) is 32.1 Å². The summed E-state index contributed by atoms with van der Waals surface area (Å²) in [5, 5.41) is 0. The molecule has 1 saturated heterocycles. The Bertz CT molecular complexity index is 662. The van der Waals surface area contributed by atoms with Crippen molar-refractivity contribution in [1.82, 2.24) is 19.8 Å². The quantitative estimate of drug-likeness (QED) is 0.813. The molecular weight excluding hydrogens is 296 g/mol. The monoisotopic (exact) mass is 322 g/mol. The average Bonchev–Trinajstić information content (AvgIpc) is 2.48. The SMILES string of the molecule is Cc1[nH]c(=O)[nH]c(=O)c1CC(=O)N1CCCC[C@H]1CCN(C)C. The lowest BCUT2D eigenvalue weighted by Gasteiger charge is -2.36. The van der Waals surface area contributed by atoms with E-state index in [1.807, 2.05) is 19.0 Å². The van der Waals surface area contributed by atoms with Gasteiger partial charge in [0.05, 0.1) is 6.42 Å². The highest BCUT2D eigenvalue weighted by Gasteiger charge is 2.27. The molecule has 2 heterocycles. The molecule has 1 amide bonds. The van der Waals surface area contributed by atoms with Crippen LogP contribution in [0.1, 0.15) is 36.9 Å². The molecule has 7 heteroatoms. The topological polar surface area (TPSA) is 89.3 Å². The van der Waals surface area contributed by atoms with Gasteiger partial charge in [0.1, 0.15) is 0 Å². The molecule has 0 spiro atoms. The van der Waals surface area contributed by atoms with Crippen LogP contribution < -0.4 is 11.2 Å². The van der Waals surface area contributed by atoms with E-state index >= 15 is 0 Å². The van der Waals surface area contributed by atoms with E-state index < -0.39 is 11.2 Å². The van der Waals surface area contributed by atoms with E-state index in [2.05, 4.69) is 14.9 Å². The van der Waals surface area contributed by atoms with Crippen molar-refractivity contribution in [3.63, 3.8) is 0 Å². The van der Waals surface area contributed by atoms with Gasteiger partial charge in [-0.2, -0.15) is 0 Å². The van der Waals surface area contributed by atoms with Crippen LogP contribution in [0.4, 0.5) is 0 Å². The zero-order valence-corrected chi connectivity index (χ0v) is 14.1. The number of nitrogens with zero attached hydrogens (tertiary/aromatic N) is 2. The Morgan fingerprint density at radius 2 is 2.00 bits per heavy atom. The van der Waals surface area contributed by atoms with Gasteiger partial charge in [0.2, 0.25) is 5.91 Å². The molecule has 1 atom stereocenters. The Labute approximate surface area is 135 Å². The number of piperidine rings is 1. The molecule has 0 radical (unpaired) electrons. The molecule has 1 fully saturated rings. The number of hydrogen-bond donors (Lipinski definition) is 2. The molecule has 0 saturated carbocycles. The first kappa shape index (κ1) is 17.5. The van der Waals surface area contributed by atoms with Crippen LogP contribution in [0.25, 0.3) is 0 Å². The minimum Gasteiger partial charge on any atom is -0.339 e. The number of aryl methyl sites for hydroxylation is 1. The fourth-order valence-electron chi connectivity index (χ4n) is 3.13. The van der Waals surface area contributed by atoms with Gasteiger partial charge < -0.3 is 14.8 Å². The average molecular weight is 322 g/mol. The number of carbonyl (C=O) groups is 1. The normalized spacial score (nSPS) is 18.4. The van der Waals surface area contributed by atoms with Crippen molar-refractivity contribution < 1.29 is 4.79 Å². The molecule has 0 unspecified atom stereocenters. The molecule has 23 heavy (non-hydrogen) atoms. The van der Waals surface area contributed by atoms with Crippen LogP contribution in [0.2, 0.25) is 0 Å². The van der Waals surface area contributed by atoms with Crippen LogP contribution >= 0.6 is 0 Å². The van der Waals surface area contributed by atoms with Crippen molar-refractivity contribution in [1.29, 1.82) is 0 Å². The second kappa shape index (κ2) is 7.59. The predicted molar refractivity (Wildman–Crippen MR) is 88.6 cm³/mol. The number of likely N-dealkylation sites (tertiary alicyclic amines) is 1. The number of carbonyl (C=O) groups excluding carboxylic acids is 1. The van der Waals surface area contributed by atoms with Gasteiger partial charge in [0, 0.05) is 23.8 Å². The molecule has 1 aromatic rings. The van der Waals surface area contributed by atoms with Crippen molar-refractivity contribution in [2.45, 2.75) is 45.1 Å². The van der Waals surface area contributed by atoms with E-state index in [-0.39, 0.29) is 18.4 Å². The lowest BCUT2D eigenvalue weighted by atomic mass is 9.98. The summed E-state index contributed by atoms with van der Waals surface area (Å²) < 4.78 is 0. The summed E-state index contributed by atoms with van der Waals surface area (Å²) in [4.78, 5) is 44.6. The molecule has 128 valence electrons. The molecule has 2 rings (SSSR count). The largest absolute Gasteiger partial charge is 0.339 e. The van der Waals surface area contributed by atoms with Gasteiger partial charge in [-0.25, -0.2) is 4.79 Å². The molecule has 2 N–H and O–H groups in total. The van der Waals surface area contributed by atoms with Gasteiger partial charge >= 0.3 is 5.69 Å². The third-order valence-corrected chi connectivity index (χ3v) is 4.44. The number of aromatic amines is 2. The van der Waals surface area contributed by atoms with Gasteiger partial charge in [0.25, 0.3) is 5.56 Å². The second-order valence-electron chi connectivity index (χ2n) is 6.52. The van der Waals surface area contributed by atoms with E-state index in [4.69, 9.17) is 0 Å². The number of aromatic nitrogens is 2. The van der Waals surface area contributed by atoms with Crippen molar-refractivity contribution in [2.24, 2.45) is 0 Å². The van der Waals surface area contributed by atoms with E-state index in [9.17, 15) is 14.4 Å². The fourth-order valence-corrected chi connectivity index (χ4v) is 3.13. The predicted octanol–water partition coefficient (Wildman–Crippen LogP) is 0.247. The third kappa shape index (κ3) is 4.54. The maximum absolute atomic E-state index is 12.7. The van der Waals surface area contributed by atoms with E-state index in [0.29, 0.717) is 11.3 Å². The summed E-state index contributed by atoms with van der Waals surface area (Å²) in [6, 6.07) is 0.237. The summed E-state index contributed by atoms with van der Waals surface area (Å²) in [6.07, 6.45) is 4.14. The van der Waals surface area contributed by atoms with Gasteiger partial charge in [-0.3, -0.25) is 14.6 Å². The summed E-state index contributed by atoms with van der Waals surface area (Å²) in [6.45, 7) is 3.34. The van der Waals surface area contributed by atoms with Crippen LogP contribution in [0.3, 0.4) is 0 Å². The lowest BCUT2D eigenvalue weighted by Crippen LogP contribution is -2.46. The van der Waals surface area contributed by atoms with Crippen LogP contribution in [0.15, 0.2) is 9.59 Å². The van der Waals surface area contributed by atoms with Crippen molar-refractivity contribution in [2.75, 3.05) is 27.2 Å². The highest BCUT2D eigenvalue weighted by molar-refractivity contribution is 5.79. The molecular formula is C16H26N4O3. The Morgan fingerprint density at radius 1 is 1.26 bits per heavy atom. The first-order valence-electron chi connectivity index (χ1n) is 8.14. The first-order chi connectivity index (χ1) is 10.9. The lowest BCUT2D eigenvalue weighted by molar-refractivity contribution is -0.134. The smallest absolute Gasteiger partial charge is 0.325 e. The third-order valence-electron chi connectivity index (χ3n) is 4.44. The van der Waals surface area contributed by atoms with Gasteiger partial charge in [0.15, 0.2) is 0 Å². The standard InChI is InChI=1S/C16H26N4O3/c1-11-13(15(22)18-16(23)17-11)10-14(21)20-8-5-4-6-12(20)7-9-19(2)3/h12H,4-10H2,1-3H3,(H2,17,18,22,23)/t12-/m0/s1. The Hall–Kier alpha value is -1.89. The highest BCUT2D eigenvalue weighted by Crippen LogP contribution is 2.21. The maximum Gasteiger partial charge on any atom is 0.325 e. The first-order valence-corrected chi connectivity index (χ1v) is 8.14. The number of hydrogen-bond acceptors (Lipinski definition) is 4. The summed E-state index contributed by atoms with van der Waals surface area (Å²) in [5.74, 6) is -0.0332. The molecule has 1 aromatic heterocycles. The Morgan fingerprint density at radius 3 is 2.65 bits per heavy atom. The Kier molecular flexibility index (Phi) is 5.76. The second-order valence-corrected chi connectivity index (χ2v) is 6.52. The molecule has 0 aromatic carbocycles. The molecule has 0 bridgehead atoms. The van der Waals surface area contributed by atoms with Crippen molar-refractivity contribution in [3.8, 4) is 0 Å². The van der Waals surface area contributed by atoms with Crippen LogP contribution in [0.5, 0.6) is 0 Å². The highest BCUT2D eigenvalue weighted by atomic mass is 16.2. The number of amides is 1. The van der Waals surface area contributed by atoms with E-state index in [1.165, 1.54) is 0 Å². The molecule has 1 aliphatic heterocycles. The zero-order chi connectivity index (χ0) is 17.0. The minimum atomic E-state index is -0.537. The van der Waals surface area contributed by atoms with Gasteiger partial charge in [-0.1, -0.05) is 0 Å². The summed E-state index contributed by atoms with van der Waals surface area (Å²) in [7, 11) is 4.05. The number of H-pyrrole nitrogens is 2. The number of rotatable bonds is 5.